The summed E-state index contributed by atoms with van der Waals surface area (Å²) in [7, 11) is 1.26. The molecular formula is C8H15NO4. The van der Waals surface area contributed by atoms with Crippen molar-refractivity contribution in [1.82, 2.24) is 5.32 Å². The first-order chi connectivity index (χ1) is 5.81. The molecule has 0 aromatic rings. The van der Waals surface area contributed by atoms with Gasteiger partial charge in [0.15, 0.2) is 0 Å². The molecule has 0 aliphatic carbocycles. The van der Waals surface area contributed by atoms with Crippen LogP contribution in [-0.2, 0) is 14.3 Å². The summed E-state index contributed by atoms with van der Waals surface area (Å²) in [5.74, 6) is -1.49. The Balaban J connectivity index is 4.27. The molecule has 0 aromatic heterocycles. The number of carbonyl (C=O) groups excluding carboxylic acids is 1. The second-order valence-electron chi connectivity index (χ2n) is 3.32. The Bertz CT molecular complexity index is 212. The summed E-state index contributed by atoms with van der Waals surface area (Å²) in [6.45, 7) is 4.51. The van der Waals surface area contributed by atoms with Crippen LogP contribution < -0.4 is 5.32 Å². The van der Waals surface area contributed by atoms with Crippen molar-refractivity contribution in [3.05, 3.63) is 0 Å². The number of hydrogen-bond donors (Lipinski definition) is 2. The average Bonchev–Trinajstić information content (AvgIpc) is 2.01. The van der Waals surface area contributed by atoms with Crippen molar-refractivity contribution in [2.24, 2.45) is 0 Å². The molecule has 0 radical (unpaired) electrons. The Morgan fingerprint density at radius 1 is 1.46 bits per heavy atom. The first-order valence-electron chi connectivity index (χ1n) is 3.90. The van der Waals surface area contributed by atoms with E-state index in [1.807, 2.05) is 0 Å². The fourth-order valence-electron chi connectivity index (χ4n) is 0.839. The van der Waals surface area contributed by atoms with E-state index in [2.05, 4.69) is 10.1 Å². The van der Waals surface area contributed by atoms with E-state index >= 15 is 0 Å². The van der Waals surface area contributed by atoms with Gasteiger partial charge in [-0.1, -0.05) is 0 Å². The highest BCUT2D eigenvalue weighted by Crippen LogP contribution is 2.04. The van der Waals surface area contributed by atoms with Crippen molar-refractivity contribution >= 4 is 11.9 Å². The molecule has 0 bridgehead atoms. The molecule has 0 saturated heterocycles. The van der Waals surface area contributed by atoms with Crippen LogP contribution >= 0.6 is 0 Å². The van der Waals surface area contributed by atoms with E-state index in [9.17, 15) is 9.59 Å². The lowest BCUT2D eigenvalue weighted by atomic mass is 10.1. The van der Waals surface area contributed by atoms with Crippen LogP contribution in [-0.4, -0.2) is 35.7 Å². The standard InChI is InChI=1S/C8H15NO4/c1-5(6(10)13-4)9-8(2,3)7(11)12/h5,9H,1-4H3,(H,11,12). The van der Waals surface area contributed by atoms with Crippen LogP contribution in [0.25, 0.3) is 0 Å². The summed E-state index contributed by atoms with van der Waals surface area (Å²) in [5.41, 5.74) is -1.13. The number of methoxy groups -OCH3 is 1. The highest BCUT2D eigenvalue weighted by molar-refractivity contribution is 5.80. The average molecular weight is 189 g/mol. The molecule has 0 spiro atoms. The summed E-state index contributed by atoms with van der Waals surface area (Å²) in [6.07, 6.45) is 0. The molecule has 0 fully saturated rings. The van der Waals surface area contributed by atoms with Crippen LogP contribution in [0.4, 0.5) is 0 Å². The predicted molar refractivity (Wildman–Crippen MR) is 46.3 cm³/mol. The van der Waals surface area contributed by atoms with Crippen molar-refractivity contribution in [3.8, 4) is 0 Å². The zero-order valence-corrected chi connectivity index (χ0v) is 8.25. The van der Waals surface area contributed by atoms with E-state index in [1.54, 1.807) is 6.92 Å². The van der Waals surface area contributed by atoms with Gasteiger partial charge < -0.3 is 9.84 Å². The number of nitrogens with one attached hydrogen (secondary N) is 1. The Morgan fingerprint density at radius 2 is 1.92 bits per heavy atom. The van der Waals surface area contributed by atoms with Gasteiger partial charge in [0.1, 0.15) is 11.6 Å². The van der Waals surface area contributed by atoms with E-state index in [0.717, 1.165) is 0 Å². The molecule has 2 N–H and O–H groups in total. The Kier molecular flexibility index (Phi) is 3.87. The molecule has 13 heavy (non-hydrogen) atoms. The van der Waals surface area contributed by atoms with Gasteiger partial charge in [-0.05, 0) is 20.8 Å². The van der Waals surface area contributed by atoms with Gasteiger partial charge in [-0.15, -0.1) is 0 Å². The van der Waals surface area contributed by atoms with E-state index in [1.165, 1.54) is 21.0 Å². The molecular weight excluding hydrogens is 174 g/mol. The molecule has 0 aliphatic rings. The van der Waals surface area contributed by atoms with Crippen LogP contribution in [0.15, 0.2) is 0 Å². The summed E-state index contributed by atoms with van der Waals surface area (Å²) < 4.78 is 4.44. The smallest absolute Gasteiger partial charge is 0.323 e. The van der Waals surface area contributed by atoms with Gasteiger partial charge in [0, 0.05) is 0 Å². The van der Waals surface area contributed by atoms with Crippen LogP contribution in [0.1, 0.15) is 20.8 Å². The number of ether oxygens (including phenoxy) is 1. The highest BCUT2D eigenvalue weighted by atomic mass is 16.5. The van der Waals surface area contributed by atoms with E-state index in [0.29, 0.717) is 0 Å². The van der Waals surface area contributed by atoms with Gasteiger partial charge in [-0.2, -0.15) is 0 Å². The van der Waals surface area contributed by atoms with Gasteiger partial charge in [-0.25, -0.2) is 0 Å². The van der Waals surface area contributed by atoms with E-state index in [4.69, 9.17) is 5.11 Å². The van der Waals surface area contributed by atoms with Gasteiger partial charge in [-0.3, -0.25) is 14.9 Å². The highest BCUT2D eigenvalue weighted by Gasteiger charge is 2.30. The minimum atomic E-state index is -1.13. The zero-order valence-electron chi connectivity index (χ0n) is 8.25. The molecule has 0 rings (SSSR count). The quantitative estimate of drug-likeness (QED) is 0.609. The number of carboxylic acids is 1. The molecule has 0 saturated carbocycles. The first kappa shape index (κ1) is 11.9. The van der Waals surface area contributed by atoms with Crippen LogP contribution in [0.3, 0.4) is 0 Å². The Hall–Kier alpha value is -1.10. The number of hydrogen-bond acceptors (Lipinski definition) is 4. The summed E-state index contributed by atoms with van der Waals surface area (Å²) in [4.78, 5) is 21.6. The minimum Gasteiger partial charge on any atom is -0.480 e. The number of rotatable bonds is 4. The van der Waals surface area contributed by atoms with Crippen LogP contribution in [0.5, 0.6) is 0 Å². The van der Waals surface area contributed by atoms with Gasteiger partial charge in [0.05, 0.1) is 7.11 Å². The lowest BCUT2D eigenvalue weighted by Crippen LogP contribution is -2.53. The number of carboxylic acid groups (broad SMARTS) is 1. The monoisotopic (exact) mass is 189 g/mol. The van der Waals surface area contributed by atoms with Crippen molar-refractivity contribution in [2.75, 3.05) is 7.11 Å². The molecule has 5 nitrogen and oxygen atoms in total. The van der Waals surface area contributed by atoms with Crippen molar-refractivity contribution in [3.63, 3.8) is 0 Å². The second kappa shape index (κ2) is 4.23. The molecule has 1 unspecified atom stereocenters. The van der Waals surface area contributed by atoms with Crippen molar-refractivity contribution in [2.45, 2.75) is 32.4 Å². The fraction of sp³-hybridized carbons (Fsp3) is 0.750. The topological polar surface area (TPSA) is 75.6 Å². The molecule has 1 atom stereocenters. The summed E-state index contributed by atoms with van der Waals surface area (Å²) >= 11 is 0. The lowest BCUT2D eigenvalue weighted by molar-refractivity contribution is -0.147. The van der Waals surface area contributed by atoms with E-state index < -0.39 is 23.5 Å². The maximum absolute atomic E-state index is 10.9. The maximum Gasteiger partial charge on any atom is 0.323 e. The van der Waals surface area contributed by atoms with Crippen LogP contribution in [0.2, 0.25) is 0 Å². The summed E-state index contributed by atoms with van der Waals surface area (Å²) in [6, 6.07) is -0.629. The van der Waals surface area contributed by atoms with Gasteiger partial charge in [0.25, 0.3) is 0 Å². The molecule has 5 heteroatoms. The number of aliphatic carboxylic acids is 1. The molecule has 0 amide bonds. The normalized spacial score (nSPS) is 13.5. The predicted octanol–water partition coefficient (Wildman–Crippen LogP) is 0.000700. The maximum atomic E-state index is 10.9. The molecule has 76 valence electrons. The third-order valence-electron chi connectivity index (χ3n) is 1.67. The summed E-state index contributed by atoms with van der Waals surface area (Å²) in [5, 5.41) is 11.4. The van der Waals surface area contributed by atoms with Crippen LogP contribution in [0, 0.1) is 0 Å². The minimum absolute atomic E-state index is 0.477. The SMILES string of the molecule is COC(=O)C(C)NC(C)(C)C(=O)O. The zero-order chi connectivity index (χ0) is 10.6. The Morgan fingerprint density at radius 3 is 2.23 bits per heavy atom. The fourth-order valence-corrected chi connectivity index (χ4v) is 0.839. The first-order valence-corrected chi connectivity index (χ1v) is 3.90. The third-order valence-corrected chi connectivity index (χ3v) is 1.67. The number of carbonyl (C=O) groups is 2. The van der Waals surface area contributed by atoms with Crippen molar-refractivity contribution < 1.29 is 19.4 Å². The van der Waals surface area contributed by atoms with Crippen molar-refractivity contribution in [1.29, 1.82) is 0 Å². The van der Waals surface area contributed by atoms with Gasteiger partial charge in [0.2, 0.25) is 0 Å². The number of esters is 1. The van der Waals surface area contributed by atoms with Gasteiger partial charge >= 0.3 is 11.9 Å². The lowest BCUT2D eigenvalue weighted by Gasteiger charge is -2.24. The largest absolute Gasteiger partial charge is 0.480 e. The molecule has 0 heterocycles. The van der Waals surface area contributed by atoms with E-state index in [-0.39, 0.29) is 0 Å². The second-order valence-corrected chi connectivity index (χ2v) is 3.32. The Labute approximate surface area is 77.1 Å². The molecule has 0 aliphatic heterocycles. The molecule has 0 aromatic carbocycles. The third kappa shape index (κ3) is 3.42.